The smallest absolute Gasteiger partial charge is 0.298 e. The van der Waals surface area contributed by atoms with Crippen LogP contribution in [0.4, 0.5) is 0 Å². The van der Waals surface area contributed by atoms with Crippen LogP contribution in [0.25, 0.3) is 0 Å². The van der Waals surface area contributed by atoms with Crippen molar-refractivity contribution in [2.45, 2.75) is 0 Å². The van der Waals surface area contributed by atoms with Crippen molar-refractivity contribution in [3.63, 3.8) is 0 Å². The van der Waals surface area contributed by atoms with Gasteiger partial charge in [0.25, 0.3) is 11.7 Å². The lowest BCUT2D eigenvalue weighted by Gasteiger charge is -2.00. The van der Waals surface area contributed by atoms with Crippen LogP contribution >= 0.6 is 12.2 Å². The van der Waals surface area contributed by atoms with E-state index in [1.807, 2.05) is 0 Å². The van der Waals surface area contributed by atoms with Crippen LogP contribution in [0.15, 0.2) is 30.3 Å². The predicted octanol–water partition coefficient (Wildman–Crippen LogP) is 0.229. The Labute approximate surface area is 86.1 Å². The molecule has 0 aliphatic carbocycles. The van der Waals surface area contributed by atoms with E-state index >= 15 is 0 Å². The molecular formula is C9H8N2O2S. The van der Waals surface area contributed by atoms with Crippen molar-refractivity contribution >= 4 is 29.0 Å². The Kier molecular flexibility index (Phi) is 3.30. The Bertz CT molecular complexity index is 376. The van der Waals surface area contributed by atoms with Gasteiger partial charge in [0.1, 0.15) is 0 Å². The summed E-state index contributed by atoms with van der Waals surface area (Å²) in [4.78, 5) is 22.5. The molecule has 0 unspecified atom stereocenters. The molecule has 5 heteroatoms. The van der Waals surface area contributed by atoms with Crippen LogP contribution in [0.5, 0.6) is 0 Å². The molecule has 0 aromatic heterocycles. The lowest BCUT2D eigenvalue weighted by molar-refractivity contribution is -0.115. The highest BCUT2D eigenvalue weighted by molar-refractivity contribution is 7.80. The molecule has 0 atom stereocenters. The molecule has 1 rings (SSSR count). The third-order valence-corrected chi connectivity index (χ3v) is 1.58. The van der Waals surface area contributed by atoms with Gasteiger partial charge in [-0.2, -0.15) is 0 Å². The third kappa shape index (κ3) is 2.63. The van der Waals surface area contributed by atoms with Crippen LogP contribution in [0.3, 0.4) is 0 Å². The summed E-state index contributed by atoms with van der Waals surface area (Å²) >= 11 is 4.43. The van der Waals surface area contributed by atoms with E-state index in [2.05, 4.69) is 17.5 Å². The van der Waals surface area contributed by atoms with Crippen LogP contribution in [0.2, 0.25) is 0 Å². The predicted molar refractivity (Wildman–Crippen MR) is 55.7 cm³/mol. The summed E-state index contributed by atoms with van der Waals surface area (Å²) in [5.74, 6) is -1.47. The second-order valence-corrected chi connectivity index (χ2v) is 2.95. The summed E-state index contributed by atoms with van der Waals surface area (Å²) in [6, 6.07) is 8.17. The number of hydrogen-bond donors (Lipinski definition) is 2. The highest BCUT2D eigenvalue weighted by Gasteiger charge is 2.15. The number of benzene rings is 1. The van der Waals surface area contributed by atoms with Gasteiger partial charge in [-0.25, -0.2) is 0 Å². The highest BCUT2D eigenvalue weighted by Crippen LogP contribution is 1.99. The van der Waals surface area contributed by atoms with E-state index in [1.165, 1.54) is 0 Å². The van der Waals surface area contributed by atoms with Crippen molar-refractivity contribution in [1.82, 2.24) is 5.32 Å². The number of carbonyl (C=O) groups excluding carboxylic acids is 2. The highest BCUT2D eigenvalue weighted by atomic mass is 32.1. The number of hydrogen-bond acceptors (Lipinski definition) is 3. The lowest BCUT2D eigenvalue weighted by Crippen LogP contribution is -2.39. The molecule has 1 aromatic carbocycles. The first kappa shape index (κ1) is 10.3. The van der Waals surface area contributed by atoms with Gasteiger partial charge < -0.3 is 5.73 Å². The van der Waals surface area contributed by atoms with E-state index in [1.54, 1.807) is 30.3 Å². The zero-order valence-electron chi connectivity index (χ0n) is 7.19. The van der Waals surface area contributed by atoms with Gasteiger partial charge in [-0.1, -0.05) is 30.3 Å². The van der Waals surface area contributed by atoms with Crippen molar-refractivity contribution in [3.8, 4) is 0 Å². The van der Waals surface area contributed by atoms with E-state index in [0.29, 0.717) is 5.56 Å². The lowest BCUT2D eigenvalue weighted by atomic mass is 10.1. The van der Waals surface area contributed by atoms with Crippen molar-refractivity contribution < 1.29 is 9.59 Å². The van der Waals surface area contributed by atoms with Crippen molar-refractivity contribution in [2.75, 3.05) is 0 Å². The summed E-state index contributed by atoms with van der Waals surface area (Å²) in [6.45, 7) is 0. The third-order valence-electron chi connectivity index (χ3n) is 1.48. The van der Waals surface area contributed by atoms with E-state index in [-0.39, 0.29) is 5.11 Å². The summed E-state index contributed by atoms with van der Waals surface area (Å²) in [5.41, 5.74) is 5.36. The fourth-order valence-electron chi connectivity index (χ4n) is 0.889. The van der Waals surface area contributed by atoms with Gasteiger partial charge in [-0.3, -0.25) is 14.9 Å². The number of carbonyl (C=O) groups is 2. The maximum atomic E-state index is 11.4. The first-order valence-corrected chi connectivity index (χ1v) is 4.22. The molecule has 0 spiro atoms. The molecule has 0 saturated heterocycles. The first-order chi connectivity index (χ1) is 6.61. The number of nitrogens with two attached hydrogens (primary N) is 1. The van der Waals surface area contributed by atoms with Crippen LogP contribution in [0, 0.1) is 0 Å². The number of Topliss-reactive ketones (excluding diaryl/α,β-unsaturated/α-hetero) is 1. The minimum atomic E-state index is -0.816. The monoisotopic (exact) mass is 208 g/mol. The zero-order valence-corrected chi connectivity index (χ0v) is 8.01. The van der Waals surface area contributed by atoms with Gasteiger partial charge in [-0.15, -0.1) is 0 Å². The molecule has 72 valence electrons. The Morgan fingerprint density at radius 1 is 1.21 bits per heavy atom. The maximum Gasteiger partial charge on any atom is 0.298 e. The Hall–Kier alpha value is -1.75. The summed E-state index contributed by atoms with van der Waals surface area (Å²) in [7, 11) is 0. The minimum absolute atomic E-state index is 0.209. The molecule has 1 amide bonds. The number of amides is 1. The Morgan fingerprint density at radius 2 is 1.79 bits per heavy atom. The van der Waals surface area contributed by atoms with Gasteiger partial charge in [0.15, 0.2) is 5.11 Å². The minimum Gasteiger partial charge on any atom is -0.376 e. The van der Waals surface area contributed by atoms with Crippen LogP contribution < -0.4 is 11.1 Å². The summed E-state index contributed by atoms with van der Waals surface area (Å²) in [6.07, 6.45) is 0. The van der Waals surface area contributed by atoms with Crippen LogP contribution in [-0.2, 0) is 4.79 Å². The number of ketones is 1. The Balaban J connectivity index is 2.76. The van der Waals surface area contributed by atoms with Crippen LogP contribution in [0.1, 0.15) is 10.4 Å². The van der Waals surface area contributed by atoms with Crippen LogP contribution in [-0.4, -0.2) is 16.8 Å². The molecular weight excluding hydrogens is 200 g/mol. The maximum absolute atomic E-state index is 11.4. The Morgan fingerprint density at radius 3 is 2.29 bits per heavy atom. The van der Waals surface area contributed by atoms with E-state index in [4.69, 9.17) is 5.73 Å². The number of nitrogens with one attached hydrogen (secondary N) is 1. The van der Waals surface area contributed by atoms with Gasteiger partial charge in [0.2, 0.25) is 0 Å². The van der Waals surface area contributed by atoms with Gasteiger partial charge in [0.05, 0.1) is 0 Å². The fourth-order valence-corrected chi connectivity index (χ4v) is 0.982. The molecule has 3 N–H and O–H groups in total. The molecule has 0 aliphatic heterocycles. The topological polar surface area (TPSA) is 72.2 Å². The summed E-state index contributed by atoms with van der Waals surface area (Å²) < 4.78 is 0. The average Bonchev–Trinajstić information content (AvgIpc) is 2.17. The summed E-state index contributed by atoms with van der Waals surface area (Å²) in [5, 5.41) is 1.85. The number of thiocarbonyl (C=S) groups is 1. The molecule has 14 heavy (non-hydrogen) atoms. The van der Waals surface area contributed by atoms with Gasteiger partial charge in [-0.05, 0) is 12.2 Å². The molecule has 0 fully saturated rings. The number of rotatable bonds is 2. The standard InChI is InChI=1S/C9H8N2O2S/c10-9(14)11-8(13)7(12)6-4-2-1-3-5-6/h1-5H,(H3,10,11,13,14). The molecule has 0 saturated carbocycles. The second kappa shape index (κ2) is 4.48. The van der Waals surface area contributed by atoms with Crippen molar-refractivity contribution in [1.29, 1.82) is 0 Å². The molecule has 0 bridgehead atoms. The zero-order chi connectivity index (χ0) is 10.6. The fraction of sp³-hybridized carbons (Fsp3) is 0. The van der Waals surface area contributed by atoms with E-state index in [0.717, 1.165) is 0 Å². The van der Waals surface area contributed by atoms with E-state index in [9.17, 15) is 9.59 Å². The average molecular weight is 208 g/mol. The van der Waals surface area contributed by atoms with Crippen molar-refractivity contribution in [2.24, 2.45) is 5.73 Å². The molecule has 0 heterocycles. The first-order valence-electron chi connectivity index (χ1n) is 3.81. The second-order valence-electron chi connectivity index (χ2n) is 2.51. The largest absolute Gasteiger partial charge is 0.376 e. The molecule has 0 aliphatic rings. The molecule has 1 aromatic rings. The van der Waals surface area contributed by atoms with Crippen molar-refractivity contribution in [3.05, 3.63) is 35.9 Å². The quantitative estimate of drug-likeness (QED) is 0.414. The SMILES string of the molecule is NC(=S)NC(=O)C(=O)c1ccccc1. The normalized spacial score (nSPS) is 9.14. The molecule has 0 radical (unpaired) electrons. The van der Waals surface area contributed by atoms with Gasteiger partial charge in [0, 0.05) is 5.56 Å². The molecule has 4 nitrogen and oxygen atoms in total. The van der Waals surface area contributed by atoms with E-state index < -0.39 is 11.7 Å². The van der Waals surface area contributed by atoms with Gasteiger partial charge >= 0.3 is 0 Å².